The Morgan fingerprint density at radius 3 is 1.32 bits per heavy atom. The SMILES string of the molecule is FSc1c(Cl)c(N(SF)SF)c(Cl)c(SF)c1SF. The average molecular weight is 412 g/mol. The minimum Gasteiger partial charge on any atom is -0.199 e. The zero-order chi connectivity index (χ0) is 14.6. The van der Waals surface area contributed by atoms with Gasteiger partial charge in [-0.3, -0.25) is 0 Å². The summed E-state index contributed by atoms with van der Waals surface area (Å²) in [7, 11) is 0. The Morgan fingerprint density at radius 2 is 1.05 bits per heavy atom. The molecule has 108 valence electrons. The van der Waals surface area contributed by atoms with Crippen LogP contribution in [-0.4, -0.2) is 0 Å². The van der Waals surface area contributed by atoms with E-state index in [1.165, 1.54) is 0 Å². The second-order valence-electron chi connectivity index (χ2n) is 2.59. The third kappa shape index (κ3) is 3.61. The Labute approximate surface area is 137 Å². The fourth-order valence-electron chi connectivity index (χ4n) is 1.06. The van der Waals surface area contributed by atoms with E-state index in [1.807, 2.05) is 0 Å². The highest BCUT2D eigenvalue weighted by Gasteiger charge is 2.29. The van der Waals surface area contributed by atoms with E-state index in [0.29, 0.717) is 0 Å². The van der Waals surface area contributed by atoms with Crippen LogP contribution in [0.4, 0.5) is 25.1 Å². The molecule has 0 spiro atoms. The summed E-state index contributed by atoms with van der Waals surface area (Å²) < 4.78 is 63.7. The third-order valence-corrected chi connectivity index (χ3v) is 5.63. The van der Waals surface area contributed by atoms with Gasteiger partial charge in [0.05, 0.1) is 61.2 Å². The molecule has 0 saturated heterocycles. The number of hydrogen-bond acceptors (Lipinski definition) is 6. The lowest BCUT2D eigenvalue weighted by molar-refractivity contribution is 0.883. The molecule has 0 aliphatic carbocycles. The zero-order valence-electron chi connectivity index (χ0n) is 8.13. The summed E-state index contributed by atoms with van der Waals surface area (Å²) in [5.74, 6) is 0. The molecule has 1 rings (SSSR count). The van der Waals surface area contributed by atoms with E-state index in [2.05, 4.69) is 0 Å². The lowest BCUT2D eigenvalue weighted by atomic mass is 10.3. The van der Waals surface area contributed by atoms with Crippen molar-refractivity contribution < 1.29 is 19.4 Å². The molecule has 0 fully saturated rings. The first-order valence-corrected chi connectivity index (χ1v) is 8.10. The van der Waals surface area contributed by atoms with Crippen LogP contribution in [0.5, 0.6) is 0 Å². The van der Waals surface area contributed by atoms with Crippen molar-refractivity contribution in [2.75, 3.05) is 3.71 Å². The molecule has 0 heterocycles. The van der Waals surface area contributed by atoms with Crippen LogP contribution in [-0.2, 0) is 0 Å². The zero-order valence-corrected chi connectivity index (χ0v) is 13.7. The molecule has 0 unspecified atom stereocenters. The predicted octanol–water partition coefficient (Wildman–Crippen LogP) is 7.80. The Morgan fingerprint density at radius 1 is 0.684 bits per heavy atom. The molecule has 19 heavy (non-hydrogen) atoms. The van der Waals surface area contributed by atoms with Crippen molar-refractivity contribution in [3.05, 3.63) is 10.0 Å². The molecule has 1 nitrogen and oxygen atoms in total. The molecule has 0 bridgehead atoms. The van der Waals surface area contributed by atoms with Crippen LogP contribution < -0.4 is 3.71 Å². The summed E-state index contributed by atoms with van der Waals surface area (Å²) in [6.07, 6.45) is 0. The Kier molecular flexibility index (Phi) is 8.02. The lowest BCUT2D eigenvalue weighted by Crippen LogP contribution is -2.03. The van der Waals surface area contributed by atoms with Crippen LogP contribution in [0.15, 0.2) is 14.7 Å². The standard InChI is InChI=1S/C6Cl2F5NS5/c7-1-3(14(18-12)19-13)2(8)5(16-10)6(17-11)4(1)15-9. The van der Waals surface area contributed by atoms with Gasteiger partial charge in [-0.2, -0.15) is 15.4 Å². The van der Waals surface area contributed by atoms with Crippen LogP contribution in [0, 0.1) is 0 Å². The van der Waals surface area contributed by atoms with E-state index in [4.69, 9.17) is 23.2 Å². The van der Waals surface area contributed by atoms with Crippen LogP contribution in [0.3, 0.4) is 0 Å². The van der Waals surface area contributed by atoms with E-state index in [0.717, 1.165) is 0 Å². The number of rotatable bonds is 6. The smallest absolute Gasteiger partial charge is 0.178 e. The van der Waals surface area contributed by atoms with Crippen molar-refractivity contribution in [2.24, 2.45) is 0 Å². The van der Waals surface area contributed by atoms with E-state index >= 15 is 0 Å². The van der Waals surface area contributed by atoms with E-state index in [1.54, 1.807) is 0 Å². The molecule has 1 aromatic carbocycles. The lowest BCUT2D eigenvalue weighted by Gasteiger charge is -2.19. The second-order valence-corrected chi connectivity index (χ2v) is 6.27. The summed E-state index contributed by atoms with van der Waals surface area (Å²) in [5, 5.41) is -1.04. The van der Waals surface area contributed by atoms with Crippen LogP contribution in [0.25, 0.3) is 0 Å². The summed E-state index contributed by atoms with van der Waals surface area (Å²) in [6, 6.07) is 0. The van der Waals surface area contributed by atoms with Gasteiger partial charge in [-0.15, -0.1) is 7.77 Å². The van der Waals surface area contributed by atoms with Crippen molar-refractivity contribution in [3.8, 4) is 0 Å². The predicted molar refractivity (Wildman–Crippen MR) is 77.2 cm³/mol. The molecular weight excluding hydrogens is 412 g/mol. The first-order chi connectivity index (χ1) is 9.06. The number of nitrogens with zero attached hydrogens (tertiary/aromatic N) is 1. The van der Waals surface area contributed by atoms with Gasteiger partial charge < -0.3 is 0 Å². The van der Waals surface area contributed by atoms with Gasteiger partial charge in [0.1, 0.15) is 5.69 Å². The van der Waals surface area contributed by atoms with E-state index in [-0.39, 0.29) is 3.71 Å². The molecule has 13 heteroatoms. The highest BCUT2D eigenvalue weighted by molar-refractivity contribution is 8.13. The molecule has 1 aromatic rings. The average Bonchev–Trinajstić information content (AvgIpc) is 2.42. The normalized spacial score (nSPS) is 10.9. The van der Waals surface area contributed by atoms with Gasteiger partial charge in [0.15, 0.2) is 24.7 Å². The highest BCUT2D eigenvalue weighted by Crippen LogP contribution is 2.55. The molecular formula is C6Cl2F5NS5. The first kappa shape index (κ1) is 18.1. The maximum Gasteiger partial charge on any atom is 0.178 e. The van der Waals surface area contributed by atoms with Crippen molar-refractivity contribution >= 4 is 90.0 Å². The van der Waals surface area contributed by atoms with Crippen LogP contribution >= 0.6 is 84.3 Å². The Hall–Kier alpha value is 1.000. The molecule has 0 N–H and O–H groups in total. The van der Waals surface area contributed by atoms with Gasteiger partial charge in [-0.25, -0.2) is 0 Å². The summed E-state index contributed by atoms with van der Waals surface area (Å²) >= 11 is 8.78. The van der Waals surface area contributed by atoms with Crippen molar-refractivity contribution in [3.63, 3.8) is 0 Å². The Bertz CT molecular complexity index is 431. The monoisotopic (exact) mass is 411 g/mol. The van der Waals surface area contributed by atoms with E-state index < -0.39 is 91.5 Å². The quantitative estimate of drug-likeness (QED) is 0.344. The molecule has 0 aromatic heterocycles. The van der Waals surface area contributed by atoms with Gasteiger partial charge in [0, 0.05) is 0 Å². The maximum absolute atomic E-state index is 12.8. The van der Waals surface area contributed by atoms with Crippen LogP contribution in [0.2, 0.25) is 10.0 Å². The molecule has 0 amide bonds. The number of benzene rings is 1. The van der Waals surface area contributed by atoms with Crippen molar-refractivity contribution in [1.82, 2.24) is 0 Å². The minimum atomic E-state index is -0.608. The summed E-state index contributed by atoms with van der Waals surface area (Å²) in [5.41, 5.74) is -0.499. The fourth-order valence-corrected chi connectivity index (χ4v) is 4.19. The first-order valence-electron chi connectivity index (χ1n) is 3.85. The largest absolute Gasteiger partial charge is 0.199 e. The second kappa shape index (κ2) is 8.44. The van der Waals surface area contributed by atoms with Gasteiger partial charge in [-0.1, -0.05) is 23.2 Å². The molecule has 0 saturated carbocycles. The molecule has 0 aliphatic rings. The fraction of sp³-hybridized carbons (Fsp3) is 0. The number of halogens is 7. The maximum atomic E-state index is 12.8. The molecule has 0 aliphatic heterocycles. The van der Waals surface area contributed by atoms with Gasteiger partial charge in [0.2, 0.25) is 0 Å². The molecule has 0 radical (unpaired) electrons. The van der Waals surface area contributed by atoms with Crippen molar-refractivity contribution in [1.29, 1.82) is 0 Å². The van der Waals surface area contributed by atoms with Gasteiger partial charge in [0.25, 0.3) is 0 Å². The minimum absolute atomic E-state index is 0.261. The Balaban J connectivity index is 3.64. The molecule has 0 atom stereocenters. The van der Waals surface area contributed by atoms with Gasteiger partial charge >= 0.3 is 0 Å². The number of anilines is 1. The number of hydrogen-bond donors (Lipinski definition) is 0. The topological polar surface area (TPSA) is 3.24 Å². The highest BCUT2D eigenvalue weighted by atomic mass is 35.5. The van der Waals surface area contributed by atoms with E-state index in [9.17, 15) is 19.4 Å². The van der Waals surface area contributed by atoms with Crippen molar-refractivity contribution in [2.45, 2.75) is 14.7 Å². The third-order valence-electron chi connectivity index (χ3n) is 1.77. The van der Waals surface area contributed by atoms with Crippen LogP contribution in [0.1, 0.15) is 0 Å². The summed E-state index contributed by atoms with van der Waals surface area (Å²) in [6.45, 7) is 0. The van der Waals surface area contributed by atoms with Gasteiger partial charge in [-0.05, 0) is 0 Å². The summed E-state index contributed by atoms with van der Waals surface area (Å²) in [4.78, 5) is -1.52.